The molecule has 14 heavy (non-hydrogen) atoms. The number of amides is 1. The van der Waals surface area contributed by atoms with E-state index in [0.717, 1.165) is 5.57 Å². The molecule has 1 fully saturated rings. The Morgan fingerprint density at radius 3 is 2.57 bits per heavy atom. The smallest absolute Gasteiger partial charge is 0.247 e. The largest absolute Gasteiger partial charge is 0.348 e. The van der Waals surface area contributed by atoms with Crippen LogP contribution in [0.1, 0.15) is 40.0 Å². The molecule has 0 aromatic carbocycles. The predicted octanol–water partition coefficient (Wildman–Crippen LogP) is 2.26. The van der Waals surface area contributed by atoms with Gasteiger partial charge in [0.05, 0.1) is 0 Å². The van der Waals surface area contributed by atoms with E-state index in [1.807, 2.05) is 20.8 Å². The Morgan fingerprint density at radius 2 is 2.14 bits per heavy atom. The summed E-state index contributed by atoms with van der Waals surface area (Å²) in [6.45, 7) is 6.08. The summed E-state index contributed by atoms with van der Waals surface area (Å²) in [6, 6.07) is 0. The molecule has 1 N–H and O–H groups in total. The second-order valence-corrected chi connectivity index (χ2v) is 5.60. The molecule has 0 aromatic heterocycles. The van der Waals surface area contributed by atoms with Gasteiger partial charge in [0.2, 0.25) is 5.91 Å². The van der Waals surface area contributed by atoms with Crippen LogP contribution in [0.3, 0.4) is 0 Å². The van der Waals surface area contributed by atoms with Crippen molar-refractivity contribution in [3.05, 3.63) is 11.6 Å². The molecule has 2 atom stereocenters. The Kier molecular flexibility index (Phi) is 2.17. The molecule has 2 rings (SSSR count). The molecule has 0 heterocycles. The van der Waals surface area contributed by atoms with Crippen LogP contribution in [0.25, 0.3) is 0 Å². The number of allylic oxidation sites excluding steroid dienone is 1. The standard InChI is InChI=1S/C12H19NO/c1-12(2,3)13-11(14)10-7-8-4-5-9(10)6-8/h7-9H,4-6H2,1-3H3,(H,13,14). The van der Waals surface area contributed by atoms with Crippen LogP contribution >= 0.6 is 0 Å². The van der Waals surface area contributed by atoms with E-state index < -0.39 is 0 Å². The molecule has 0 aliphatic heterocycles. The van der Waals surface area contributed by atoms with E-state index in [4.69, 9.17) is 0 Å². The molecule has 0 radical (unpaired) electrons. The number of nitrogens with one attached hydrogen (secondary N) is 1. The van der Waals surface area contributed by atoms with E-state index in [-0.39, 0.29) is 11.4 Å². The quantitative estimate of drug-likeness (QED) is 0.680. The van der Waals surface area contributed by atoms with Crippen LogP contribution in [-0.2, 0) is 4.79 Å². The zero-order valence-electron chi connectivity index (χ0n) is 9.26. The molecule has 2 heteroatoms. The summed E-state index contributed by atoms with van der Waals surface area (Å²) in [7, 11) is 0. The van der Waals surface area contributed by atoms with Gasteiger partial charge in [-0.2, -0.15) is 0 Å². The fourth-order valence-electron chi connectivity index (χ4n) is 2.51. The highest BCUT2D eigenvalue weighted by molar-refractivity contribution is 5.95. The van der Waals surface area contributed by atoms with Crippen LogP contribution in [0.2, 0.25) is 0 Å². The Bertz CT molecular complexity index is 285. The number of hydrogen-bond acceptors (Lipinski definition) is 1. The lowest BCUT2D eigenvalue weighted by Gasteiger charge is -2.23. The third-order valence-corrected chi connectivity index (χ3v) is 3.08. The molecule has 2 bridgehead atoms. The Balaban J connectivity index is 2.03. The van der Waals surface area contributed by atoms with Crippen LogP contribution in [0.4, 0.5) is 0 Å². The van der Waals surface area contributed by atoms with Crippen molar-refractivity contribution < 1.29 is 4.79 Å². The summed E-state index contributed by atoms with van der Waals surface area (Å²) < 4.78 is 0. The molecule has 2 unspecified atom stereocenters. The highest BCUT2D eigenvalue weighted by Crippen LogP contribution is 2.43. The predicted molar refractivity (Wildman–Crippen MR) is 56.8 cm³/mol. The SMILES string of the molecule is CC(C)(C)NC(=O)C1=CC2CCC1C2. The first-order chi connectivity index (χ1) is 6.46. The van der Waals surface area contributed by atoms with E-state index in [1.54, 1.807) is 0 Å². The van der Waals surface area contributed by atoms with Crippen molar-refractivity contribution in [3.8, 4) is 0 Å². The van der Waals surface area contributed by atoms with Gasteiger partial charge in [-0.3, -0.25) is 4.79 Å². The molecule has 0 spiro atoms. The van der Waals surface area contributed by atoms with Crippen molar-refractivity contribution in [1.82, 2.24) is 5.32 Å². The van der Waals surface area contributed by atoms with E-state index in [1.165, 1.54) is 19.3 Å². The first kappa shape index (κ1) is 9.75. The lowest BCUT2D eigenvalue weighted by molar-refractivity contribution is -0.119. The third-order valence-electron chi connectivity index (χ3n) is 3.08. The lowest BCUT2D eigenvalue weighted by Crippen LogP contribution is -2.42. The minimum atomic E-state index is -0.111. The Morgan fingerprint density at radius 1 is 1.43 bits per heavy atom. The van der Waals surface area contributed by atoms with Gasteiger partial charge in [0.1, 0.15) is 0 Å². The normalized spacial score (nSPS) is 30.4. The molecule has 2 nitrogen and oxygen atoms in total. The van der Waals surface area contributed by atoms with Crippen LogP contribution < -0.4 is 5.32 Å². The van der Waals surface area contributed by atoms with Gasteiger partial charge >= 0.3 is 0 Å². The van der Waals surface area contributed by atoms with Gasteiger partial charge in [-0.15, -0.1) is 0 Å². The minimum Gasteiger partial charge on any atom is -0.348 e. The summed E-state index contributed by atoms with van der Waals surface area (Å²) in [4.78, 5) is 11.9. The van der Waals surface area contributed by atoms with Gasteiger partial charge < -0.3 is 5.32 Å². The summed E-state index contributed by atoms with van der Waals surface area (Å²) in [5.74, 6) is 1.41. The topological polar surface area (TPSA) is 29.1 Å². The molecular formula is C12H19NO. The molecule has 2 aliphatic rings. The number of hydrogen-bond donors (Lipinski definition) is 1. The zero-order chi connectivity index (χ0) is 10.3. The van der Waals surface area contributed by atoms with Crippen molar-refractivity contribution in [2.45, 2.75) is 45.6 Å². The van der Waals surface area contributed by atoms with Crippen LogP contribution in [0, 0.1) is 11.8 Å². The lowest BCUT2D eigenvalue weighted by atomic mass is 9.97. The molecule has 2 aliphatic carbocycles. The highest BCUT2D eigenvalue weighted by atomic mass is 16.1. The maximum atomic E-state index is 11.9. The van der Waals surface area contributed by atoms with Gasteiger partial charge in [-0.1, -0.05) is 6.08 Å². The number of rotatable bonds is 1. The van der Waals surface area contributed by atoms with Crippen LogP contribution in [-0.4, -0.2) is 11.4 Å². The average molecular weight is 193 g/mol. The second kappa shape index (κ2) is 3.11. The van der Waals surface area contributed by atoms with Crippen LogP contribution in [0.15, 0.2) is 11.6 Å². The van der Waals surface area contributed by atoms with Crippen molar-refractivity contribution in [1.29, 1.82) is 0 Å². The van der Waals surface area contributed by atoms with E-state index in [2.05, 4.69) is 11.4 Å². The number of fused-ring (bicyclic) bond motifs is 2. The number of carbonyl (C=O) groups excluding carboxylic acids is 1. The first-order valence-electron chi connectivity index (χ1n) is 5.50. The summed E-state index contributed by atoms with van der Waals surface area (Å²) in [6.07, 6.45) is 5.91. The molecule has 1 saturated carbocycles. The fraction of sp³-hybridized carbons (Fsp3) is 0.750. The highest BCUT2D eigenvalue weighted by Gasteiger charge is 2.36. The summed E-state index contributed by atoms with van der Waals surface area (Å²) >= 11 is 0. The van der Waals surface area contributed by atoms with Crippen molar-refractivity contribution >= 4 is 5.91 Å². The minimum absolute atomic E-state index is 0.111. The molecule has 1 amide bonds. The second-order valence-electron chi connectivity index (χ2n) is 5.60. The fourth-order valence-corrected chi connectivity index (χ4v) is 2.51. The molecule has 0 saturated heterocycles. The van der Waals surface area contributed by atoms with Gasteiger partial charge in [0.15, 0.2) is 0 Å². The number of carbonyl (C=O) groups is 1. The maximum absolute atomic E-state index is 11.9. The van der Waals surface area contributed by atoms with Crippen molar-refractivity contribution in [2.75, 3.05) is 0 Å². The summed E-state index contributed by atoms with van der Waals surface area (Å²) in [5, 5.41) is 3.04. The van der Waals surface area contributed by atoms with Gasteiger partial charge in [0.25, 0.3) is 0 Å². The van der Waals surface area contributed by atoms with E-state index in [0.29, 0.717) is 11.8 Å². The third kappa shape index (κ3) is 1.84. The summed E-state index contributed by atoms with van der Waals surface area (Å²) in [5.41, 5.74) is 0.941. The van der Waals surface area contributed by atoms with E-state index in [9.17, 15) is 4.79 Å². The van der Waals surface area contributed by atoms with Gasteiger partial charge in [0, 0.05) is 11.1 Å². The Labute approximate surface area is 85.8 Å². The van der Waals surface area contributed by atoms with Crippen LogP contribution in [0.5, 0.6) is 0 Å². The molecular weight excluding hydrogens is 174 g/mol. The van der Waals surface area contributed by atoms with Gasteiger partial charge in [-0.25, -0.2) is 0 Å². The molecule has 78 valence electrons. The zero-order valence-corrected chi connectivity index (χ0v) is 9.26. The average Bonchev–Trinajstić information content (AvgIpc) is 2.59. The van der Waals surface area contributed by atoms with E-state index >= 15 is 0 Å². The van der Waals surface area contributed by atoms with Crippen molar-refractivity contribution in [2.24, 2.45) is 11.8 Å². The molecule has 0 aromatic rings. The van der Waals surface area contributed by atoms with Gasteiger partial charge in [-0.05, 0) is 51.9 Å². The first-order valence-corrected chi connectivity index (χ1v) is 5.50. The maximum Gasteiger partial charge on any atom is 0.247 e. The van der Waals surface area contributed by atoms with Crippen molar-refractivity contribution in [3.63, 3.8) is 0 Å². The Hall–Kier alpha value is -0.790. The monoisotopic (exact) mass is 193 g/mol.